The molecule has 0 aliphatic heterocycles. The number of hydrogen-bond acceptors (Lipinski definition) is 6. The fourth-order valence-electron chi connectivity index (χ4n) is 3.30. The van der Waals surface area contributed by atoms with Gasteiger partial charge in [0.25, 0.3) is 0 Å². The smallest absolute Gasteiger partial charge is 0.242 e. The molecule has 0 spiro atoms. The Hall–Kier alpha value is -1.88. The molecule has 8 nitrogen and oxygen atoms in total. The molecule has 10 heteroatoms. The predicted molar refractivity (Wildman–Crippen MR) is 119 cm³/mol. The molecule has 164 valence electrons. The first-order chi connectivity index (χ1) is 14.2. The fraction of sp³-hybridized carbons (Fsp3) is 0.500. The molecule has 0 atom stereocenters. The maximum Gasteiger partial charge on any atom is 0.242 e. The number of thioether (sulfide) groups is 1. The van der Waals surface area contributed by atoms with Gasteiger partial charge in [0, 0.05) is 40.0 Å². The average molecular weight is 452 g/mol. The van der Waals surface area contributed by atoms with Crippen LogP contribution in [0.3, 0.4) is 0 Å². The lowest BCUT2D eigenvalue weighted by Crippen LogP contribution is -2.22. The third-order valence-corrected chi connectivity index (χ3v) is 7.95. The number of nitrogens with zero attached hydrogens (tertiary/aromatic N) is 5. The molecule has 0 saturated heterocycles. The van der Waals surface area contributed by atoms with Crippen LogP contribution in [0.5, 0.6) is 0 Å². The van der Waals surface area contributed by atoms with E-state index >= 15 is 0 Å². The minimum atomic E-state index is -3.50. The third-order valence-electron chi connectivity index (χ3n) is 5.17. The van der Waals surface area contributed by atoms with E-state index in [0.29, 0.717) is 17.9 Å². The van der Waals surface area contributed by atoms with E-state index in [4.69, 9.17) is 14.7 Å². The lowest BCUT2D eigenvalue weighted by molar-refractivity contribution is 0.184. The lowest BCUT2D eigenvalue weighted by atomic mass is 10.3. The Labute approximate surface area is 182 Å². The maximum atomic E-state index is 12.5. The van der Waals surface area contributed by atoms with Gasteiger partial charge in [-0.25, -0.2) is 22.7 Å². The normalized spacial score (nSPS) is 12.4. The van der Waals surface area contributed by atoms with E-state index < -0.39 is 10.0 Å². The van der Waals surface area contributed by atoms with Crippen LogP contribution in [-0.4, -0.2) is 59.6 Å². The molecular formula is C20H29N5O3S2. The van der Waals surface area contributed by atoms with Crippen LogP contribution in [0.25, 0.3) is 11.0 Å². The standard InChI is InChI=1S/C20H29N5O3S2/c1-7-24-18-9-8-16(30(26,27)23(4)5)12-17(18)22-19(24)13-29-20-21-14(2)15(3)25(20)10-11-28-6/h8-9,12H,7,10-11,13H2,1-6H3. The molecule has 0 amide bonds. The van der Waals surface area contributed by atoms with Gasteiger partial charge in [0.1, 0.15) is 5.82 Å². The van der Waals surface area contributed by atoms with E-state index in [1.165, 1.54) is 18.4 Å². The summed E-state index contributed by atoms with van der Waals surface area (Å²) in [7, 11) is 1.26. The summed E-state index contributed by atoms with van der Waals surface area (Å²) in [6.45, 7) is 8.27. The van der Waals surface area contributed by atoms with Gasteiger partial charge in [-0.3, -0.25) is 0 Å². The molecule has 0 bridgehead atoms. The van der Waals surface area contributed by atoms with E-state index in [2.05, 4.69) is 23.0 Å². The van der Waals surface area contributed by atoms with E-state index in [1.807, 2.05) is 13.0 Å². The topological polar surface area (TPSA) is 82.2 Å². The lowest BCUT2D eigenvalue weighted by Gasteiger charge is -2.11. The van der Waals surface area contributed by atoms with Gasteiger partial charge in [-0.2, -0.15) is 0 Å². The number of sulfonamides is 1. The first kappa shape index (κ1) is 22.8. The SMILES string of the molecule is CCn1c(CSc2nc(C)c(C)n2CCOC)nc2cc(S(=O)(=O)N(C)C)ccc21. The highest BCUT2D eigenvalue weighted by Gasteiger charge is 2.20. The number of aromatic nitrogens is 4. The van der Waals surface area contributed by atoms with Gasteiger partial charge in [-0.1, -0.05) is 11.8 Å². The van der Waals surface area contributed by atoms with Crippen molar-refractivity contribution in [3.63, 3.8) is 0 Å². The Morgan fingerprint density at radius 1 is 1.17 bits per heavy atom. The summed E-state index contributed by atoms with van der Waals surface area (Å²) in [4.78, 5) is 9.70. The highest BCUT2D eigenvalue weighted by Crippen LogP contribution is 2.28. The number of hydrogen-bond donors (Lipinski definition) is 0. The molecule has 2 aromatic heterocycles. The van der Waals surface area contributed by atoms with Gasteiger partial charge >= 0.3 is 0 Å². The Bertz CT molecular complexity index is 1150. The summed E-state index contributed by atoms with van der Waals surface area (Å²) in [6.07, 6.45) is 0. The molecule has 3 rings (SSSR count). The second-order valence-corrected chi connectivity index (χ2v) is 10.3. The number of ether oxygens (including phenoxy) is 1. The molecule has 0 radical (unpaired) electrons. The van der Waals surface area contributed by atoms with E-state index in [-0.39, 0.29) is 4.90 Å². The summed E-state index contributed by atoms with van der Waals surface area (Å²) < 4.78 is 35.7. The predicted octanol–water partition coefficient (Wildman–Crippen LogP) is 3.06. The molecule has 0 unspecified atom stereocenters. The van der Waals surface area contributed by atoms with Gasteiger partial charge in [0.05, 0.1) is 34.0 Å². The van der Waals surface area contributed by atoms with Crippen LogP contribution in [-0.2, 0) is 33.6 Å². The number of aryl methyl sites for hydroxylation is 2. The summed E-state index contributed by atoms with van der Waals surface area (Å²) >= 11 is 1.63. The molecular weight excluding hydrogens is 422 g/mol. The minimum absolute atomic E-state index is 0.251. The van der Waals surface area contributed by atoms with Crippen molar-refractivity contribution in [1.29, 1.82) is 0 Å². The summed E-state index contributed by atoms with van der Waals surface area (Å²) in [5.74, 6) is 1.54. The Balaban J connectivity index is 1.93. The molecule has 0 aliphatic carbocycles. The Morgan fingerprint density at radius 3 is 2.53 bits per heavy atom. The molecule has 30 heavy (non-hydrogen) atoms. The molecule has 0 N–H and O–H groups in total. The number of methoxy groups -OCH3 is 1. The van der Waals surface area contributed by atoms with Crippen molar-refractivity contribution in [3.05, 3.63) is 35.4 Å². The van der Waals surface area contributed by atoms with Crippen LogP contribution in [0.1, 0.15) is 24.1 Å². The number of imidazole rings is 2. The van der Waals surface area contributed by atoms with Crippen molar-refractivity contribution in [2.75, 3.05) is 27.8 Å². The van der Waals surface area contributed by atoms with Crippen LogP contribution < -0.4 is 0 Å². The highest BCUT2D eigenvalue weighted by molar-refractivity contribution is 7.98. The fourth-order valence-corrected chi connectivity index (χ4v) is 5.29. The second kappa shape index (κ2) is 9.09. The largest absolute Gasteiger partial charge is 0.383 e. The number of rotatable bonds is 9. The third kappa shape index (κ3) is 4.27. The van der Waals surface area contributed by atoms with Gasteiger partial charge < -0.3 is 13.9 Å². The van der Waals surface area contributed by atoms with Crippen molar-refractivity contribution >= 4 is 32.8 Å². The Kier molecular flexibility index (Phi) is 6.91. The van der Waals surface area contributed by atoms with E-state index in [1.54, 1.807) is 31.0 Å². The first-order valence-corrected chi connectivity index (χ1v) is 12.2. The van der Waals surface area contributed by atoms with E-state index in [0.717, 1.165) is 41.0 Å². The molecule has 2 heterocycles. The van der Waals surface area contributed by atoms with Crippen molar-refractivity contribution < 1.29 is 13.2 Å². The summed E-state index contributed by atoms with van der Waals surface area (Å²) in [5, 5.41) is 0.938. The summed E-state index contributed by atoms with van der Waals surface area (Å²) in [5.41, 5.74) is 3.76. The van der Waals surface area contributed by atoms with Crippen molar-refractivity contribution in [3.8, 4) is 0 Å². The number of fused-ring (bicyclic) bond motifs is 1. The van der Waals surface area contributed by atoms with Crippen LogP contribution in [0.4, 0.5) is 0 Å². The summed E-state index contributed by atoms with van der Waals surface area (Å²) in [6, 6.07) is 5.13. The first-order valence-electron chi connectivity index (χ1n) is 9.77. The van der Waals surface area contributed by atoms with Gasteiger partial charge in [0.2, 0.25) is 10.0 Å². The zero-order valence-corrected chi connectivity index (χ0v) is 20.0. The minimum Gasteiger partial charge on any atom is -0.383 e. The zero-order chi connectivity index (χ0) is 22.1. The van der Waals surface area contributed by atoms with E-state index in [9.17, 15) is 8.42 Å². The molecule has 1 aromatic carbocycles. The van der Waals surface area contributed by atoms with Crippen molar-refractivity contribution in [2.45, 2.75) is 49.7 Å². The molecule has 0 aliphatic rings. The van der Waals surface area contributed by atoms with Crippen LogP contribution in [0.15, 0.2) is 28.3 Å². The quantitative estimate of drug-likeness (QED) is 0.465. The number of benzene rings is 1. The molecule has 0 saturated carbocycles. The Morgan fingerprint density at radius 2 is 1.90 bits per heavy atom. The highest BCUT2D eigenvalue weighted by atomic mass is 32.2. The molecule has 0 fully saturated rings. The van der Waals surface area contributed by atoms with Gasteiger partial charge in [0.15, 0.2) is 5.16 Å². The zero-order valence-electron chi connectivity index (χ0n) is 18.3. The van der Waals surface area contributed by atoms with Crippen molar-refractivity contribution in [1.82, 2.24) is 23.4 Å². The van der Waals surface area contributed by atoms with Gasteiger partial charge in [-0.05, 0) is 39.0 Å². The molecule has 3 aromatic rings. The van der Waals surface area contributed by atoms with Crippen molar-refractivity contribution in [2.24, 2.45) is 0 Å². The second-order valence-electron chi connectivity index (χ2n) is 7.21. The van der Waals surface area contributed by atoms with Crippen LogP contribution in [0.2, 0.25) is 0 Å². The average Bonchev–Trinajstić information content (AvgIpc) is 3.20. The van der Waals surface area contributed by atoms with Crippen LogP contribution >= 0.6 is 11.8 Å². The maximum absolute atomic E-state index is 12.5. The monoisotopic (exact) mass is 451 g/mol. The van der Waals surface area contributed by atoms with Gasteiger partial charge in [-0.15, -0.1) is 0 Å². The van der Waals surface area contributed by atoms with Crippen LogP contribution in [0, 0.1) is 13.8 Å².